The van der Waals surface area contributed by atoms with Crippen molar-refractivity contribution in [1.29, 1.82) is 0 Å². The van der Waals surface area contributed by atoms with Crippen LogP contribution in [-0.2, 0) is 27.4 Å². The van der Waals surface area contributed by atoms with Gasteiger partial charge >= 0.3 is 5.97 Å². The molecular formula is C24H24N2O5S. The molecule has 3 rings (SSSR count). The number of rotatable bonds is 10. The number of aromatic nitrogens is 1. The van der Waals surface area contributed by atoms with Gasteiger partial charge in [0.2, 0.25) is 5.91 Å². The van der Waals surface area contributed by atoms with E-state index in [0.717, 1.165) is 11.3 Å². The first-order chi connectivity index (χ1) is 15.4. The van der Waals surface area contributed by atoms with Gasteiger partial charge in [0, 0.05) is 23.1 Å². The highest BCUT2D eigenvalue weighted by Gasteiger charge is 2.11. The average molecular weight is 453 g/mol. The van der Waals surface area contributed by atoms with E-state index in [4.69, 9.17) is 9.47 Å². The van der Waals surface area contributed by atoms with E-state index in [2.05, 4.69) is 10.3 Å². The summed E-state index contributed by atoms with van der Waals surface area (Å²) in [7, 11) is 0. The number of nitrogens with one attached hydrogen (secondary N) is 1. The van der Waals surface area contributed by atoms with E-state index >= 15 is 0 Å². The van der Waals surface area contributed by atoms with Gasteiger partial charge in [-0.05, 0) is 43.3 Å². The average Bonchev–Trinajstić information content (AvgIpc) is 3.24. The third-order valence-corrected chi connectivity index (χ3v) is 5.38. The molecule has 2 aromatic carbocycles. The number of Topliss-reactive ketones (excluding diaryl/α,β-unsaturated/α-hetero) is 1. The zero-order chi connectivity index (χ0) is 22.9. The van der Waals surface area contributed by atoms with Crippen LogP contribution in [0.1, 0.15) is 40.0 Å². The van der Waals surface area contributed by atoms with Gasteiger partial charge in [-0.1, -0.05) is 24.6 Å². The second-order valence-electron chi connectivity index (χ2n) is 7.07. The van der Waals surface area contributed by atoms with Gasteiger partial charge in [0.05, 0.1) is 12.1 Å². The molecule has 1 N–H and O–H groups in total. The van der Waals surface area contributed by atoms with Crippen LogP contribution in [0.3, 0.4) is 0 Å². The number of ketones is 1. The lowest BCUT2D eigenvalue weighted by Crippen LogP contribution is -2.15. The van der Waals surface area contributed by atoms with Crippen LogP contribution >= 0.6 is 11.3 Å². The number of hydrogen-bond donors (Lipinski definition) is 1. The number of amides is 1. The fourth-order valence-corrected chi connectivity index (χ4v) is 3.53. The van der Waals surface area contributed by atoms with Crippen LogP contribution < -0.4 is 10.1 Å². The molecule has 3 aromatic rings. The van der Waals surface area contributed by atoms with Crippen LogP contribution in [-0.4, -0.2) is 29.3 Å². The Labute approximate surface area is 190 Å². The summed E-state index contributed by atoms with van der Waals surface area (Å²) in [6.07, 6.45) is 0.578. The standard InChI is InChI=1S/C24H24N2O5S/c1-3-21(27)17-6-10-20(11-7-17)30-14-24(29)31-13-19-15-32-23(26-19)12-22(28)25-18-8-4-16(2)5-9-18/h4-11,15H,3,12-14H2,1-2H3,(H,25,28). The van der Waals surface area contributed by atoms with Crippen molar-refractivity contribution in [2.45, 2.75) is 33.3 Å². The van der Waals surface area contributed by atoms with Crippen LogP contribution in [0.4, 0.5) is 5.69 Å². The van der Waals surface area contributed by atoms with Crippen LogP contribution in [0, 0.1) is 6.92 Å². The van der Waals surface area contributed by atoms with Crippen molar-refractivity contribution < 1.29 is 23.9 Å². The lowest BCUT2D eigenvalue weighted by atomic mass is 10.1. The fourth-order valence-electron chi connectivity index (χ4n) is 2.76. The highest BCUT2D eigenvalue weighted by molar-refractivity contribution is 7.09. The van der Waals surface area contributed by atoms with Gasteiger partial charge in [-0.15, -0.1) is 11.3 Å². The molecule has 0 fully saturated rings. The smallest absolute Gasteiger partial charge is 0.344 e. The molecule has 1 heterocycles. The summed E-state index contributed by atoms with van der Waals surface area (Å²) in [5, 5.41) is 5.22. The predicted octanol–water partition coefficient (Wildman–Crippen LogP) is 4.35. The Morgan fingerprint density at radius 1 is 1.03 bits per heavy atom. The van der Waals surface area contributed by atoms with E-state index in [1.165, 1.54) is 11.3 Å². The Morgan fingerprint density at radius 2 is 1.75 bits per heavy atom. The van der Waals surface area contributed by atoms with E-state index in [0.29, 0.717) is 28.4 Å². The van der Waals surface area contributed by atoms with Crippen molar-refractivity contribution in [3.63, 3.8) is 0 Å². The van der Waals surface area contributed by atoms with E-state index in [1.54, 1.807) is 36.6 Å². The predicted molar refractivity (Wildman–Crippen MR) is 122 cm³/mol. The minimum Gasteiger partial charge on any atom is -0.482 e. The van der Waals surface area contributed by atoms with E-state index < -0.39 is 5.97 Å². The minimum atomic E-state index is -0.537. The summed E-state index contributed by atoms with van der Waals surface area (Å²) in [5.41, 5.74) is 3.03. The molecule has 0 aliphatic rings. The Bertz CT molecular complexity index is 1070. The second-order valence-corrected chi connectivity index (χ2v) is 8.02. The first-order valence-corrected chi connectivity index (χ1v) is 11.0. The number of aryl methyl sites for hydroxylation is 1. The van der Waals surface area contributed by atoms with Crippen LogP contribution in [0.5, 0.6) is 5.75 Å². The molecule has 8 heteroatoms. The molecule has 166 valence electrons. The highest BCUT2D eigenvalue weighted by atomic mass is 32.1. The van der Waals surface area contributed by atoms with Gasteiger partial charge < -0.3 is 14.8 Å². The summed E-state index contributed by atoms with van der Waals surface area (Å²) < 4.78 is 10.6. The van der Waals surface area contributed by atoms with Crippen molar-refractivity contribution in [3.8, 4) is 5.75 Å². The summed E-state index contributed by atoms with van der Waals surface area (Å²) in [4.78, 5) is 40.1. The molecule has 7 nitrogen and oxygen atoms in total. The van der Waals surface area contributed by atoms with Crippen molar-refractivity contribution in [1.82, 2.24) is 4.98 Å². The van der Waals surface area contributed by atoms with Gasteiger partial charge in [-0.25, -0.2) is 9.78 Å². The topological polar surface area (TPSA) is 94.6 Å². The summed E-state index contributed by atoms with van der Waals surface area (Å²) in [6.45, 7) is 3.53. The molecule has 32 heavy (non-hydrogen) atoms. The first-order valence-electron chi connectivity index (χ1n) is 10.1. The maximum atomic E-state index is 12.2. The summed E-state index contributed by atoms with van der Waals surface area (Å²) >= 11 is 1.34. The number of carbonyl (C=O) groups excluding carboxylic acids is 3. The quantitative estimate of drug-likeness (QED) is 0.363. The van der Waals surface area contributed by atoms with Gasteiger partial charge in [0.25, 0.3) is 0 Å². The Hall–Kier alpha value is -3.52. The zero-order valence-corrected chi connectivity index (χ0v) is 18.7. The van der Waals surface area contributed by atoms with E-state index in [-0.39, 0.29) is 31.3 Å². The van der Waals surface area contributed by atoms with Gasteiger partial charge in [-0.2, -0.15) is 0 Å². The van der Waals surface area contributed by atoms with E-state index in [1.807, 2.05) is 31.2 Å². The van der Waals surface area contributed by atoms with Crippen LogP contribution in [0.15, 0.2) is 53.9 Å². The number of ether oxygens (including phenoxy) is 2. The van der Waals surface area contributed by atoms with E-state index in [9.17, 15) is 14.4 Å². The van der Waals surface area contributed by atoms with Crippen molar-refractivity contribution in [2.75, 3.05) is 11.9 Å². The largest absolute Gasteiger partial charge is 0.482 e. The molecule has 0 saturated heterocycles. The van der Waals surface area contributed by atoms with Crippen LogP contribution in [0.25, 0.3) is 0 Å². The maximum Gasteiger partial charge on any atom is 0.344 e. The number of thiazole rings is 1. The number of benzene rings is 2. The third-order valence-electron chi connectivity index (χ3n) is 4.48. The molecule has 0 spiro atoms. The van der Waals surface area contributed by atoms with Gasteiger partial charge in [0.1, 0.15) is 17.4 Å². The molecule has 0 bridgehead atoms. The Balaban J connectivity index is 1.40. The highest BCUT2D eigenvalue weighted by Crippen LogP contribution is 2.15. The third kappa shape index (κ3) is 7.02. The second kappa shape index (κ2) is 11.2. The lowest BCUT2D eigenvalue weighted by Gasteiger charge is -2.07. The van der Waals surface area contributed by atoms with Gasteiger partial charge in [0.15, 0.2) is 12.4 Å². The maximum absolute atomic E-state index is 12.2. The number of hydrogen-bond acceptors (Lipinski definition) is 7. The normalized spacial score (nSPS) is 10.4. The first kappa shape index (κ1) is 23.1. The summed E-state index contributed by atoms with van der Waals surface area (Å²) in [6, 6.07) is 14.2. The number of esters is 1. The molecule has 0 radical (unpaired) electrons. The monoisotopic (exact) mass is 452 g/mol. The molecular weight excluding hydrogens is 428 g/mol. The van der Waals surface area contributed by atoms with Crippen LogP contribution in [0.2, 0.25) is 0 Å². The van der Waals surface area contributed by atoms with Crippen molar-refractivity contribution in [3.05, 3.63) is 75.7 Å². The Kier molecular flexibility index (Phi) is 8.10. The lowest BCUT2D eigenvalue weighted by molar-refractivity contribution is -0.147. The number of anilines is 1. The van der Waals surface area contributed by atoms with Gasteiger partial charge in [-0.3, -0.25) is 9.59 Å². The molecule has 0 aliphatic heterocycles. The number of nitrogens with zero attached hydrogens (tertiary/aromatic N) is 1. The van der Waals surface area contributed by atoms with Crippen molar-refractivity contribution in [2.24, 2.45) is 0 Å². The SMILES string of the molecule is CCC(=O)c1ccc(OCC(=O)OCc2csc(CC(=O)Nc3ccc(C)cc3)n2)cc1. The molecule has 0 saturated carbocycles. The molecule has 0 atom stereocenters. The zero-order valence-electron chi connectivity index (χ0n) is 17.9. The molecule has 1 aromatic heterocycles. The molecule has 1 amide bonds. The van der Waals surface area contributed by atoms with Crippen molar-refractivity contribution >= 4 is 34.7 Å². The fraction of sp³-hybridized carbons (Fsp3) is 0.250. The minimum absolute atomic E-state index is 0.00220. The summed E-state index contributed by atoms with van der Waals surface area (Å²) in [5.74, 6) is -0.173. The molecule has 0 aliphatic carbocycles. The molecule has 0 unspecified atom stereocenters. The number of carbonyl (C=O) groups is 3. The Morgan fingerprint density at radius 3 is 2.44 bits per heavy atom.